The van der Waals surface area contributed by atoms with Crippen LogP contribution in [0, 0.1) is 13.8 Å². The van der Waals surface area contributed by atoms with Crippen LogP contribution in [-0.2, 0) is 6.54 Å². The van der Waals surface area contributed by atoms with Gasteiger partial charge in [0.05, 0.1) is 11.7 Å². The minimum absolute atomic E-state index is 0.240. The number of rotatable bonds is 6. The fourth-order valence-electron chi connectivity index (χ4n) is 3.30. The van der Waals surface area contributed by atoms with Crippen LogP contribution in [0.1, 0.15) is 27.0 Å². The number of nitrogens with zero attached hydrogens (tertiary/aromatic N) is 2. The number of fused-ring (bicyclic) bond motifs is 1. The van der Waals surface area contributed by atoms with Crippen molar-refractivity contribution in [1.82, 2.24) is 20.4 Å². The molecule has 1 amide bonds. The zero-order valence-corrected chi connectivity index (χ0v) is 16.0. The molecule has 0 unspecified atom stereocenters. The van der Waals surface area contributed by atoms with Gasteiger partial charge in [-0.25, -0.2) is 0 Å². The Morgan fingerprint density at radius 1 is 1.17 bits per heavy atom. The van der Waals surface area contributed by atoms with Crippen molar-refractivity contribution in [3.05, 3.63) is 58.8 Å². The quantitative estimate of drug-likeness (QED) is 0.298. The molecule has 9 nitrogen and oxygen atoms in total. The first kappa shape index (κ1) is 18.4. The summed E-state index contributed by atoms with van der Waals surface area (Å²) in [5.74, 6) is 0.437. The van der Waals surface area contributed by atoms with Gasteiger partial charge in [-0.15, -0.1) is 0 Å². The average molecular weight is 391 g/mol. The highest BCUT2D eigenvalue weighted by molar-refractivity contribution is 6.03. The number of H-pyrrole nitrogens is 2. The molecule has 0 aliphatic rings. The average Bonchev–Trinajstić information content (AvgIpc) is 3.30. The van der Waals surface area contributed by atoms with Gasteiger partial charge in [0.2, 0.25) is 0 Å². The molecule has 0 spiro atoms. The number of anilines is 3. The predicted molar refractivity (Wildman–Crippen MR) is 111 cm³/mol. The second kappa shape index (κ2) is 7.19. The lowest BCUT2D eigenvalue weighted by Crippen LogP contribution is -2.15. The van der Waals surface area contributed by atoms with Crippen LogP contribution in [0.15, 0.2) is 36.5 Å². The Balaban J connectivity index is 1.57. The van der Waals surface area contributed by atoms with E-state index in [-0.39, 0.29) is 11.3 Å². The van der Waals surface area contributed by atoms with Gasteiger partial charge in [0, 0.05) is 17.6 Å². The number of amides is 1. The highest BCUT2D eigenvalue weighted by atomic mass is 16.3. The number of hydrogen-bond donors (Lipinski definition) is 6. The molecule has 2 heterocycles. The molecule has 7 N–H and O–H groups in total. The Kier molecular flexibility index (Phi) is 4.55. The Hall–Kier alpha value is -4.01. The second-order valence-electron chi connectivity index (χ2n) is 6.92. The van der Waals surface area contributed by atoms with Gasteiger partial charge < -0.3 is 21.5 Å². The van der Waals surface area contributed by atoms with Gasteiger partial charge in [0.1, 0.15) is 17.1 Å². The summed E-state index contributed by atoms with van der Waals surface area (Å²) < 4.78 is 0. The zero-order valence-electron chi connectivity index (χ0n) is 16.0. The van der Waals surface area contributed by atoms with Gasteiger partial charge in [0.15, 0.2) is 5.82 Å². The van der Waals surface area contributed by atoms with Crippen LogP contribution in [0.5, 0.6) is 5.75 Å². The highest BCUT2D eigenvalue weighted by Gasteiger charge is 2.19. The maximum absolute atomic E-state index is 12.1. The van der Waals surface area contributed by atoms with Crippen LogP contribution < -0.4 is 16.4 Å². The molecule has 0 fully saturated rings. The summed E-state index contributed by atoms with van der Waals surface area (Å²) in [6.07, 6.45) is 1.72. The van der Waals surface area contributed by atoms with E-state index in [1.807, 2.05) is 44.2 Å². The van der Waals surface area contributed by atoms with Crippen molar-refractivity contribution < 1.29 is 9.90 Å². The number of hydrogen-bond acceptors (Lipinski definition) is 6. The van der Waals surface area contributed by atoms with Crippen molar-refractivity contribution in [3.63, 3.8) is 0 Å². The molecule has 0 radical (unpaired) electrons. The van der Waals surface area contributed by atoms with Crippen LogP contribution in [0.25, 0.3) is 10.9 Å². The van der Waals surface area contributed by atoms with Crippen LogP contribution in [-0.4, -0.2) is 31.4 Å². The Bertz CT molecular complexity index is 1190. The molecule has 4 aromatic rings. The number of primary amides is 1. The van der Waals surface area contributed by atoms with E-state index in [0.29, 0.717) is 18.2 Å². The van der Waals surface area contributed by atoms with Gasteiger partial charge in [0.25, 0.3) is 5.91 Å². The van der Waals surface area contributed by atoms with Gasteiger partial charge in [-0.1, -0.05) is 12.1 Å². The minimum Gasteiger partial charge on any atom is -0.507 e. The first-order chi connectivity index (χ1) is 13.9. The number of phenols is 1. The SMILES string of the molecule is Cc1cc(CNc2n[nH]c(Nc3ccc4[nH]ncc4c3)c2C(N)=O)cc(C)c1O. The molecule has 29 heavy (non-hydrogen) atoms. The lowest BCUT2D eigenvalue weighted by Gasteiger charge is -2.10. The molecule has 148 valence electrons. The van der Waals surface area contributed by atoms with Crippen molar-refractivity contribution in [2.24, 2.45) is 5.73 Å². The maximum Gasteiger partial charge on any atom is 0.256 e. The van der Waals surface area contributed by atoms with Crippen LogP contribution in [0.4, 0.5) is 17.3 Å². The smallest absolute Gasteiger partial charge is 0.256 e. The molecule has 4 rings (SSSR count). The summed E-state index contributed by atoms with van der Waals surface area (Å²) in [5.41, 5.74) is 10.0. The van der Waals surface area contributed by atoms with Crippen LogP contribution in [0.3, 0.4) is 0 Å². The summed E-state index contributed by atoms with van der Waals surface area (Å²) in [5, 5.41) is 31.0. The molecular weight excluding hydrogens is 370 g/mol. The van der Waals surface area contributed by atoms with E-state index in [2.05, 4.69) is 31.0 Å². The highest BCUT2D eigenvalue weighted by Crippen LogP contribution is 2.27. The van der Waals surface area contributed by atoms with Crippen LogP contribution in [0.2, 0.25) is 0 Å². The third-order valence-electron chi connectivity index (χ3n) is 4.73. The van der Waals surface area contributed by atoms with E-state index in [1.54, 1.807) is 6.20 Å². The first-order valence-electron chi connectivity index (χ1n) is 9.03. The topological polar surface area (TPSA) is 145 Å². The van der Waals surface area contributed by atoms with E-state index >= 15 is 0 Å². The molecule has 2 aromatic heterocycles. The van der Waals surface area contributed by atoms with Crippen molar-refractivity contribution in [3.8, 4) is 5.75 Å². The molecule has 0 atom stereocenters. The third-order valence-corrected chi connectivity index (χ3v) is 4.73. The third kappa shape index (κ3) is 3.57. The second-order valence-corrected chi connectivity index (χ2v) is 6.92. The van der Waals surface area contributed by atoms with E-state index in [4.69, 9.17) is 5.73 Å². The van der Waals surface area contributed by atoms with Gasteiger partial charge in [-0.3, -0.25) is 15.0 Å². The predicted octanol–water partition coefficient (Wildman–Crippen LogP) is 3.06. The number of carbonyl (C=O) groups is 1. The van der Waals surface area contributed by atoms with E-state index in [0.717, 1.165) is 33.3 Å². The number of phenolic OH excluding ortho intramolecular Hbond substituents is 1. The van der Waals surface area contributed by atoms with Crippen molar-refractivity contribution in [2.45, 2.75) is 20.4 Å². The number of nitrogens with one attached hydrogen (secondary N) is 4. The Morgan fingerprint density at radius 3 is 2.66 bits per heavy atom. The summed E-state index contributed by atoms with van der Waals surface area (Å²) in [4.78, 5) is 12.1. The minimum atomic E-state index is -0.605. The Morgan fingerprint density at radius 2 is 1.93 bits per heavy atom. The van der Waals surface area contributed by atoms with Gasteiger partial charge in [-0.05, 0) is 48.7 Å². The standard InChI is InChI=1S/C20H21N7O2/c1-10-5-12(6-11(2)17(10)28)8-22-19-16(18(21)29)20(27-26-19)24-14-3-4-15-13(7-14)9-23-25-15/h3-7,9,28H,8H2,1-2H3,(H2,21,29)(H,23,25)(H3,22,24,26,27). The Labute approximate surface area is 166 Å². The lowest BCUT2D eigenvalue weighted by atomic mass is 10.1. The summed E-state index contributed by atoms with van der Waals surface area (Å²) in [6, 6.07) is 9.41. The number of carbonyl (C=O) groups excluding carboxylic acids is 1. The van der Waals surface area contributed by atoms with Gasteiger partial charge >= 0.3 is 0 Å². The first-order valence-corrected chi connectivity index (χ1v) is 9.03. The molecular formula is C20H21N7O2. The molecule has 0 saturated heterocycles. The fourth-order valence-corrected chi connectivity index (χ4v) is 3.30. The summed E-state index contributed by atoms with van der Waals surface area (Å²) in [6.45, 7) is 4.11. The summed E-state index contributed by atoms with van der Waals surface area (Å²) >= 11 is 0. The molecule has 0 aliphatic carbocycles. The van der Waals surface area contributed by atoms with E-state index in [1.165, 1.54) is 0 Å². The van der Waals surface area contributed by atoms with E-state index < -0.39 is 5.91 Å². The van der Waals surface area contributed by atoms with Crippen LogP contribution >= 0.6 is 0 Å². The monoisotopic (exact) mass is 391 g/mol. The fraction of sp³-hybridized carbons (Fsp3) is 0.150. The number of nitrogens with two attached hydrogens (primary N) is 1. The summed E-state index contributed by atoms with van der Waals surface area (Å²) in [7, 11) is 0. The molecule has 2 aromatic carbocycles. The molecule has 0 saturated carbocycles. The number of aryl methyl sites for hydroxylation is 2. The van der Waals surface area contributed by atoms with Crippen molar-refractivity contribution in [2.75, 3.05) is 10.6 Å². The molecule has 0 aliphatic heterocycles. The number of aromatic amines is 2. The normalized spacial score (nSPS) is 11.0. The lowest BCUT2D eigenvalue weighted by molar-refractivity contribution is 0.100. The van der Waals surface area contributed by atoms with Gasteiger partial charge in [-0.2, -0.15) is 10.2 Å². The molecule has 9 heteroatoms. The number of aromatic hydroxyl groups is 1. The zero-order chi connectivity index (χ0) is 20.5. The largest absolute Gasteiger partial charge is 0.507 e. The number of benzene rings is 2. The number of aromatic nitrogens is 4. The molecule has 0 bridgehead atoms. The maximum atomic E-state index is 12.1. The van der Waals surface area contributed by atoms with Crippen molar-refractivity contribution in [1.29, 1.82) is 0 Å². The van der Waals surface area contributed by atoms with Crippen molar-refractivity contribution >= 4 is 34.1 Å². The van der Waals surface area contributed by atoms with E-state index in [9.17, 15) is 9.90 Å².